The normalized spacial score (nSPS) is 13.8. The van der Waals surface area contributed by atoms with E-state index in [2.05, 4.69) is 10.0 Å². The van der Waals surface area contributed by atoms with Gasteiger partial charge in [0.15, 0.2) is 0 Å². The Hall–Kier alpha value is -2.70. The van der Waals surface area contributed by atoms with Crippen LogP contribution in [0.5, 0.6) is 0 Å². The summed E-state index contributed by atoms with van der Waals surface area (Å²) < 4.78 is 27.7. The highest BCUT2D eigenvalue weighted by Gasteiger charge is 2.18. The maximum absolute atomic E-state index is 12.6. The molecule has 0 radical (unpaired) electrons. The van der Waals surface area contributed by atoms with Gasteiger partial charge in [-0.05, 0) is 60.4 Å². The van der Waals surface area contributed by atoms with Gasteiger partial charge in [0, 0.05) is 24.0 Å². The molecule has 0 bridgehead atoms. The summed E-state index contributed by atoms with van der Waals surface area (Å²) in [6.07, 6.45) is 4.25. The molecule has 3 aromatic carbocycles. The third-order valence-corrected chi connectivity index (χ3v) is 6.80. The van der Waals surface area contributed by atoms with E-state index in [1.54, 1.807) is 12.1 Å². The molecule has 29 heavy (non-hydrogen) atoms. The largest absolute Gasteiger partial charge is 0.325 e. The van der Waals surface area contributed by atoms with Crippen LogP contribution in [0.3, 0.4) is 0 Å². The molecule has 0 unspecified atom stereocenters. The Kier molecular flexibility index (Phi) is 5.65. The monoisotopic (exact) mass is 408 g/mol. The van der Waals surface area contributed by atoms with Gasteiger partial charge in [-0.25, -0.2) is 13.1 Å². The summed E-state index contributed by atoms with van der Waals surface area (Å²) in [7, 11) is -3.63. The number of aryl methyl sites for hydroxylation is 2. The minimum Gasteiger partial charge on any atom is -0.325 e. The van der Waals surface area contributed by atoms with E-state index in [0.717, 1.165) is 47.7 Å². The minimum atomic E-state index is -3.63. The molecule has 150 valence electrons. The second-order valence-corrected chi connectivity index (χ2v) is 9.13. The second kappa shape index (κ2) is 8.35. The SMILES string of the molecule is O=C(CCNS(=O)(=O)c1ccc2c(c1)CCCC2)Nc1cccc2ccccc12. The van der Waals surface area contributed by atoms with Crippen LogP contribution in [0.1, 0.15) is 30.4 Å². The van der Waals surface area contributed by atoms with Crippen LogP contribution in [0.4, 0.5) is 5.69 Å². The first-order valence-electron chi connectivity index (χ1n) is 9.92. The van der Waals surface area contributed by atoms with Gasteiger partial charge in [0.25, 0.3) is 0 Å². The average Bonchev–Trinajstić information content (AvgIpc) is 2.73. The summed E-state index contributed by atoms with van der Waals surface area (Å²) in [5, 5.41) is 4.87. The van der Waals surface area contributed by atoms with E-state index in [4.69, 9.17) is 0 Å². The van der Waals surface area contributed by atoms with Crippen LogP contribution in [0.15, 0.2) is 65.6 Å². The van der Waals surface area contributed by atoms with Gasteiger partial charge in [0.05, 0.1) is 4.90 Å². The van der Waals surface area contributed by atoms with Gasteiger partial charge in [-0.15, -0.1) is 0 Å². The lowest BCUT2D eigenvalue weighted by Gasteiger charge is -2.16. The molecule has 0 spiro atoms. The topological polar surface area (TPSA) is 75.3 Å². The second-order valence-electron chi connectivity index (χ2n) is 7.36. The lowest BCUT2D eigenvalue weighted by Crippen LogP contribution is -2.28. The number of benzene rings is 3. The molecule has 6 heteroatoms. The van der Waals surface area contributed by atoms with Crippen LogP contribution in [-0.2, 0) is 27.7 Å². The lowest BCUT2D eigenvalue weighted by atomic mass is 9.92. The zero-order chi connectivity index (χ0) is 20.3. The van der Waals surface area contributed by atoms with Gasteiger partial charge in [0.1, 0.15) is 0 Å². The number of nitrogens with one attached hydrogen (secondary N) is 2. The van der Waals surface area contributed by atoms with Crippen molar-refractivity contribution in [3.63, 3.8) is 0 Å². The molecule has 0 aromatic heterocycles. The molecule has 1 aliphatic rings. The molecule has 0 saturated carbocycles. The Bertz CT molecular complexity index is 1150. The Labute approximate surface area is 171 Å². The quantitative estimate of drug-likeness (QED) is 0.647. The van der Waals surface area contributed by atoms with E-state index >= 15 is 0 Å². The number of carbonyl (C=O) groups excluding carboxylic acids is 1. The van der Waals surface area contributed by atoms with Crippen molar-refractivity contribution in [2.75, 3.05) is 11.9 Å². The third kappa shape index (κ3) is 4.49. The summed E-state index contributed by atoms with van der Waals surface area (Å²) >= 11 is 0. The predicted octanol–water partition coefficient (Wildman–Crippen LogP) is 4.03. The van der Waals surface area contributed by atoms with E-state index in [9.17, 15) is 13.2 Å². The Balaban J connectivity index is 1.37. The first-order chi connectivity index (χ1) is 14.0. The fraction of sp³-hybridized carbons (Fsp3) is 0.261. The van der Waals surface area contributed by atoms with E-state index in [-0.39, 0.29) is 23.8 Å². The van der Waals surface area contributed by atoms with E-state index < -0.39 is 10.0 Å². The lowest BCUT2D eigenvalue weighted by molar-refractivity contribution is -0.116. The van der Waals surface area contributed by atoms with Crippen molar-refractivity contribution >= 4 is 32.4 Å². The molecule has 3 aromatic rings. The standard InChI is InChI=1S/C23H24N2O3S/c26-23(25-22-11-5-9-18-7-3-4-10-21(18)22)14-15-24-29(27,28)20-13-12-17-6-1-2-8-19(17)16-20/h3-5,7,9-13,16,24H,1-2,6,8,14-15H2,(H,25,26). The Morgan fingerprint density at radius 3 is 2.52 bits per heavy atom. The summed E-state index contributed by atoms with van der Waals surface area (Å²) in [5.41, 5.74) is 3.09. The number of sulfonamides is 1. The number of rotatable bonds is 6. The van der Waals surface area contributed by atoms with Gasteiger partial charge in [-0.1, -0.05) is 42.5 Å². The highest BCUT2D eigenvalue weighted by molar-refractivity contribution is 7.89. The molecule has 0 fully saturated rings. The van der Waals surface area contributed by atoms with Crippen molar-refractivity contribution in [1.29, 1.82) is 0 Å². The van der Waals surface area contributed by atoms with Gasteiger partial charge in [-0.2, -0.15) is 0 Å². The van der Waals surface area contributed by atoms with Crippen LogP contribution < -0.4 is 10.0 Å². The van der Waals surface area contributed by atoms with Gasteiger partial charge < -0.3 is 5.32 Å². The first-order valence-corrected chi connectivity index (χ1v) is 11.4. The van der Waals surface area contributed by atoms with Gasteiger partial charge in [-0.3, -0.25) is 4.79 Å². The minimum absolute atomic E-state index is 0.0516. The molecule has 1 aliphatic carbocycles. The van der Waals surface area contributed by atoms with Crippen molar-refractivity contribution in [1.82, 2.24) is 4.72 Å². The molecule has 0 aliphatic heterocycles. The first kappa shape index (κ1) is 19.6. The predicted molar refractivity (Wildman–Crippen MR) is 115 cm³/mol. The van der Waals surface area contributed by atoms with E-state index in [1.165, 1.54) is 5.56 Å². The number of fused-ring (bicyclic) bond motifs is 2. The number of hydrogen-bond acceptors (Lipinski definition) is 3. The third-order valence-electron chi connectivity index (χ3n) is 5.34. The van der Waals surface area contributed by atoms with Crippen LogP contribution in [0.25, 0.3) is 10.8 Å². The van der Waals surface area contributed by atoms with Crippen LogP contribution in [0.2, 0.25) is 0 Å². The molecular weight excluding hydrogens is 384 g/mol. The summed E-state index contributed by atoms with van der Waals surface area (Å²) in [6, 6.07) is 18.9. The molecule has 2 N–H and O–H groups in total. The molecule has 0 saturated heterocycles. The zero-order valence-electron chi connectivity index (χ0n) is 16.1. The number of carbonyl (C=O) groups is 1. The molecule has 0 heterocycles. The van der Waals surface area contributed by atoms with Gasteiger partial charge in [0.2, 0.25) is 15.9 Å². The maximum atomic E-state index is 12.6. The van der Waals surface area contributed by atoms with Crippen LogP contribution in [-0.4, -0.2) is 20.9 Å². The number of hydrogen-bond donors (Lipinski definition) is 2. The fourth-order valence-corrected chi connectivity index (χ4v) is 4.89. The van der Waals surface area contributed by atoms with E-state index in [0.29, 0.717) is 0 Å². The van der Waals surface area contributed by atoms with Crippen LogP contribution >= 0.6 is 0 Å². The van der Waals surface area contributed by atoms with Crippen molar-refractivity contribution in [2.24, 2.45) is 0 Å². The summed E-state index contributed by atoms with van der Waals surface area (Å²) in [5.74, 6) is -0.227. The molecule has 5 nitrogen and oxygen atoms in total. The van der Waals surface area contributed by atoms with Crippen molar-refractivity contribution in [3.8, 4) is 0 Å². The molecule has 4 rings (SSSR count). The maximum Gasteiger partial charge on any atom is 0.240 e. The highest BCUT2D eigenvalue weighted by Crippen LogP contribution is 2.24. The van der Waals surface area contributed by atoms with Crippen molar-refractivity contribution in [3.05, 3.63) is 71.8 Å². The highest BCUT2D eigenvalue weighted by atomic mass is 32.2. The number of amides is 1. The Morgan fingerprint density at radius 2 is 1.66 bits per heavy atom. The smallest absolute Gasteiger partial charge is 0.240 e. The fourth-order valence-electron chi connectivity index (χ4n) is 3.81. The summed E-state index contributed by atoms with van der Waals surface area (Å²) in [4.78, 5) is 12.6. The molecule has 1 amide bonds. The Morgan fingerprint density at radius 1 is 0.897 bits per heavy atom. The molecule has 0 atom stereocenters. The zero-order valence-corrected chi connectivity index (χ0v) is 17.0. The summed E-state index contributed by atoms with van der Waals surface area (Å²) in [6.45, 7) is 0.0516. The van der Waals surface area contributed by atoms with Crippen molar-refractivity contribution in [2.45, 2.75) is 37.0 Å². The van der Waals surface area contributed by atoms with Gasteiger partial charge >= 0.3 is 0 Å². The van der Waals surface area contributed by atoms with Crippen LogP contribution in [0, 0.1) is 0 Å². The number of anilines is 1. The van der Waals surface area contributed by atoms with E-state index in [1.807, 2.05) is 48.5 Å². The van der Waals surface area contributed by atoms with Crippen molar-refractivity contribution < 1.29 is 13.2 Å². The average molecular weight is 409 g/mol. The molecular formula is C23H24N2O3S.